The molecule has 3 nitrogen and oxygen atoms in total. The maximum absolute atomic E-state index is 12.4. The molecule has 0 aliphatic rings. The number of amides is 1. The molecule has 1 N–H and O–H groups in total. The molecule has 0 saturated carbocycles. The molecule has 0 radical (unpaired) electrons. The summed E-state index contributed by atoms with van der Waals surface area (Å²) in [6.07, 6.45) is 0. The normalized spacial score (nSPS) is 10.3. The van der Waals surface area contributed by atoms with E-state index >= 15 is 0 Å². The Morgan fingerprint density at radius 3 is 2.40 bits per heavy atom. The van der Waals surface area contributed by atoms with Crippen LogP contribution in [0.3, 0.4) is 0 Å². The Kier molecular flexibility index (Phi) is 4.83. The van der Waals surface area contributed by atoms with E-state index in [1.165, 1.54) is 0 Å². The number of hydrogen-bond acceptors (Lipinski definition) is 2. The summed E-state index contributed by atoms with van der Waals surface area (Å²) in [7, 11) is 1.74. The molecule has 2 aromatic rings. The first-order valence-corrected chi connectivity index (χ1v) is 7.54. The number of nitrogens with zero attached hydrogens (tertiary/aromatic N) is 1. The minimum atomic E-state index is -0.0738. The van der Waals surface area contributed by atoms with Crippen LogP contribution in [0.25, 0.3) is 0 Å². The van der Waals surface area contributed by atoms with Crippen molar-refractivity contribution in [2.45, 2.75) is 6.54 Å². The van der Waals surface area contributed by atoms with Crippen molar-refractivity contribution < 1.29 is 9.90 Å². The summed E-state index contributed by atoms with van der Waals surface area (Å²) < 4.78 is 1.70. The lowest BCUT2D eigenvalue weighted by atomic mass is 10.1. The van der Waals surface area contributed by atoms with Gasteiger partial charge in [0.25, 0.3) is 5.91 Å². The second-order valence-electron chi connectivity index (χ2n) is 4.49. The molecule has 0 spiro atoms. The Balaban J connectivity index is 2.16. The summed E-state index contributed by atoms with van der Waals surface area (Å²) in [6, 6.07) is 12.3. The van der Waals surface area contributed by atoms with Gasteiger partial charge >= 0.3 is 0 Å². The van der Waals surface area contributed by atoms with Gasteiger partial charge in [-0.3, -0.25) is 4.79 Å². The van der Waals surface area contributed by atoms with Crippen LogP contribution in [0.5, 0.6) is 5.75 Å². The van der Waals surface area contributed by atoms with Gasteiger partial charge in [-0.05, 0) is 35.9 Å². The fourth-order valence-corrected chi connectivity index (χ4v) is 3.19. The molecule has 0 atom stereocenters. The van der Waals surface area contributed by atoms with Crippen molar-refractivity contribution in [2.24, 2.45) is 0 Å². The highest BCUT2D eigenvalue weighted by Gasteiger charge is 2.13. The van der Waals surface area contributed by atoms with Crippen molar-refractivity contribution in [3.8, 4) is 5.75 Å². The molecule has 20 heavy (non-hydrogen) atoms. The summed E-state index contributed by atoms with van der Waals surface area (Å²) in [5, 5.41) is 9.44. The predicted molar refractivity (Wildman–Crippen MR) is 85.7 cm³/mol. The number of carbonyl (C=O) groups excluding carboxylic acids is 1. The van der Waals surface area contributed by atoms with Crippen LogP contribution in [-0.4, -0.2) is 23.0 Å². The second kappa shape index (κ2) is 6.41. The van der Waals surface area contributed by atoms with Gasteiger partial charge in [-0.25, -0.2) is 0 Å². The van der Waals surface area contributed by atoms with E-state index < -0.39 is 0 Å². The standard InChI is InChI=1S/C15H13Br2NO2/c1-18(9-10-3-2-4-14(19)5-10)15(20)11-6-12(16)8-13(17)7-11/h2-8,19H,9H2,1H3. The first-order chi connectivity index (χ1) is 9.45. The quantitative estimate of drug-likeness (QED) is 0.841. The van der Waals surface area contributed by atoms with Crippen LogP contribution >= 0.6 is 31.9 Å². The van der Waals surface area contributed by atoms with E-state index in [1.54, 1.807) is 42.3 Å². The highest BCUT2D eigenvalue weighted by molar-refractivity contribution is 9.11. The van der Waals surface area contributed by atoms with Crippen molar-refractivity contribution in [3.05, 3.63) is 62.5 Å². The van der Waals surface area contributed by atoms with E-state index in [-0.39, 0.29) is 11.7 Å². The van der Waals surface area contributed by atoms with Gasteiger partial charge in [0, 0.05) is 28.1 Å². The van der Waals surface area contributed by atoms with Crippen molar-refractivity contribution >= 4 is 37.8 Å². The molecule has 2 rings (SSSR count). The first kappa shape index (κ1) is 15.1. The molecule has 0 heterocycles. The van der Waals surface area contributed by atoms with Gasteiger partial charge in [-0.15, -0.1) is 0 Å². The van der Waals surface area contributed by atoms with E-state index in [2.05, 4.69) is 31.9 Å². The summed E-state index contributed by atoms with van der Waals surface area (Å²) >= 11 is 6.75. The average Bonchev–Trinajstić information content (AvgIpc) is 2.36. The van der Waals surface area contributed by atoms with Crippen LogP contribution in [-0.2, 0) is 6.54 Å². The van der Waals surface area contributed by atoms with Gasteiger partial charge in [0.05, 0.1) is 0 Å². The van der Waals surface area contributed by atoms with Crippen molar-refractivity contribution in [1.82, 2.24) is 4.90 Å². The number of carbonyl (C=O) groups is 1. The molecule has 0 bridgehead atoms. The molecular weight excluding hydrogens is 386 g/mol. The summed E-state index contributed by atoms with van der Waals surface area (Å²) in [5.41, 5.74) is 1.49. The Labute approximate surface area is 134 Å². The van der Waals surface area contributed by atoms with Crippen molar-refractivity contribution in [2.75, 3.05) is 7.05 Å². The van der Waals surface area contributed by atoms with E-state index in [0.29, 0.717) is 12.1 Å². The van der Waals surface area contributed by atoms with Crippen molar-refractivity contribution in [3.63, 3.8) is 0 Å². The summed E-state index contributed by atoms with van der Waals surface area (Å²) in [6.45, 7) is 0.442. The highest BCUT2D eigenvalue weighted by Crippen LogP contribution is 2.21. The van der Waals surface area contributed by atoms with Gasteiger partial charge < -0.3 is 10.0 Å². The number of phenols is 1. The van der Waals surface area contributed by atoms with Gasteiger partial charge in [-0.2, -0.15) is 0 Å². The average molecular weight is 399 g/mol. The number of phenolic OH excluding ortho intramolecular Hbond substituents is 1. The minimum absolute atomic E-state index is 0.0738. The summed E-state index contributed by atoms with van der Waals surface area (Å²) in [5.74, 6) is 0.129. The van der Waals surface area contributed by atoms with E-state index in [1.807, 2.05) is 12.1 Å². The second-order valence-corrected chi connectivity index (χ2v) is 6.32. The minimum Gasteiger partial charge on any atom is -0.508 e. The lowest BCUT2D eigenvalue weighted by Crippen LogP contribution is -2.26. The lowest BCUT2D eigenvalue weighted by Gasteiger charge is -2.18. The van der Waals surface area contributed by atoms with Gasteiger partial charge in [0.15, 0.2) is 0 Å². The van der Waals surface area contributed by atoms with E-state index in [4.69, 9.17) is 0 Å². The third kappa shape index (κ3) is 3.84. The fraction of sp³-hybridized carbons (Fsp3) is 0.133. The molecule has 0 aliphatic carbocycles. The van der Waals surface area contributed by atoms with E-state index in [0.717, 1.165) is 14.5 Å². The first-order valence-electron chi connectivity index (χ1n) is 5.95. The predicted octanol–water partition coefficient (Wildman–Crippen LogP) is 4.19. The van der Waals surface area contributed by atoms with Crippen LogP contribution in [0.2, 0.25) is 0 Å². The molecular formula is C15H13Br2NO2. The Morgan fingerprint density at radius 1 is 1.15 bits per heavy atom. The van der Waals surface area contributed by atoms with Crippen LogP contribution in [0.15, 0.2) is 51.4 Å². The van der Waals surface area contributed by atoms with Gasteiger partial charge in [-0.1, -0.05) is 44.0 Å². The van der Waals surface area contributed by atoms with Crippen molar-refractivity contribution in [1.29, 1.82) is 0 Å². The molecule has 0 aliphatic heterocycles. The van der Waals surface area contributed by atoms with Crippen LogP contribution in [0.4, 0.5) is 0 Å². The fourth-order valence-electron chi connectivity index (χ4n) is 1.90. The molecule has 0 unspecified atom stereocenters. The van der Waals surface area contributed by atoms with E-state index in [9.17, 15) is 9.90 Å². The topological polar surface area (TPSA) is 40.5 Å². The maximum Gasteiger partial charge on any atom is 0.253 e. The molecule has 1 amide bonds. The SMILES string of the molecule is CN(Cc1cccc(O)c1)C(=O)c1cc(Br)cc(Br)c1. The van der Waals surface area contributed by atoms with Gasteiger partial charge in [0.1, 0.15) is 5.75 Å². The monoisotopic (exact) mass is 397 g/mol. The van der Waals surface area contributed by atoms with Crippen LogP contribution < -0.4 is 0 Å². The van der Waals surface area contributed by atoms with Crippen LogP contribution in [0.1, 0.15) is 15.9 Å². The number of hydrogen-bond donors (Lipinski definition) is 1. The third-order valence-corrected chi connectivity index (χ3v) is 3.70. The summed E-state index contributed by atoms with van der Waals surface area (Å²) in [4.78, 5) is 14.0. The lowest BCUT2D eigenvalue weighted by molar-refractivity contribution is 0.0785. The number of halogens is 2. The number of rotatable bonds is 3. The largest absolute Gasteiger partial charge is 0.508 e. The highest BCUT2D eigenvalue weighted by atomic mass is 79.9. The smallest absolute Gasteiger partial charge is 0.253 e. The van der Waals surface area contributed by atoms with Gasteiger partial charge in [0.2, 0.25) is 0 Å². The Morgan fingerprint density at radius 2 is 1.80 bits per heavy atom. The molecule has 5 heteroatoms. The maximum atomic E-state index is 12.4. The zero-order valence-electron chi connectivity index (χ0n) is 10.8. The van der Waals surface area contributed by atoms with Crippen LogP contribution in [0, 0.1) is 0 Å². The molecule has 0 aromatic heterocycles. The zero-order valence-corrected chi connectivity index (χ0v) is 14.0. The molecule has 0 fully saturated rings. The number of aromatic hydroxyl groups is 1. The molecule has 0 saturated heterocycles. The third-order valence-electron chi connectivity index (χ3n) is 2.79. The zero-order chi connectivity index (χ0) is 14.7. The number of benzene rings is 2. The molecule has 2 aromatic carbocycles. The Bertz CT molecular complexity index is 623. The molecule has 104 valence electrons. The Hall–Kier alpha value is -1.33.